The van der Waals surface area contributed by atoms with Crippen LogP contribution in [0.3, 0.4) is 0 Å². The molecule has 2 N–H and O–H groups in total. The number of hydrogen-bond donors (Lipinski definition) is 2. The molecule has 0 amide bonds. The Morgan fingerprint density at radius 2 is 2.19 bits per heavy atom. The molecule has 0 saturated heterocycles. The molecule has 2 unspecified atom stereocenters. The van der Waals surface area contributed by atoms with Crippen LogP contribution in [0.2, 0.25) is 0 Å². The fraction of sp³-hybridized carbons (Fsp3) is 0.727. The van der Waals surface area contributed by atoms with E-state index in [4.69, 9.17) is 0 Å². The summed E-state index contributed by atoms with van der Waals surface area (Å²) < 4.78 is 0.891. The summed E-state index contributed by atoms with van der Waals surface area (Å²) in [6, 6.07) is 0. The first kappa shape index (κ1) is 12.3. The molecule has 16 heavy (non-hydrogen) atoms. The first-order valence-electron chi connectivity index (χ1n) is 5.75. The Hall–Kier alpha value is -0.130. The molecule has 0 bridgehead atoms. The van der Waals surface area contributed by atoms with E-state index in [-0.39, 0.29) is 0 Å². The standard InChI is InChI=1S/C11H17BrN2OS/c12-10-7-16-11(14-10)13-5-8-3-1-2-4-9(8)6-15/h7-9,15H,1-6H2,(H,13,14). The van der Waals surface area contributed by atoms with Crippen LogP contribution in [0, 0.1) is 11.8 Å². The Balaban J connectivity index is 1.84. The Morgan fingerprint density at radius 3 is 2.81 bits per heavy atom. The third kappa shape index (κ3) is 3.18. The van der Waals surface area contributed by atoms with Gasteiger partial charge in [0, 0.05) is 18.5 Å². The fourth-order valence-electron chi connectivity index (χ4n) is 2.35. The Morgan fingerprint density at radius 1 is 1.44 bits per heavy atom. The molecule has 2 rings (SSSR count). The number of nitrogens with one attached hydrogen (secondary N) is 1. The highest BCUT2D eigenvalue weighted by Gasteiger charge is 2.24. The smallest absolute Gasteiger partial charge is 0.183 e. The monoisotopic (exact) mass is 304 g/mol. The van der Waals surface area contributed by atoms with Crippen LogP contribution < -0.4 is 5.32 Å². The quantitative estimate of drug-likeness (QED) is 0.898. The Bertz CT molecular complexity index is 332. The molecule has 1 saturated carbocycles. The van der Waals surface area contributed by atoms with Crippen LogP contribution in [-0.4, -0.2) is 23.2 Å². The average Bonchev–Trinajstić information content (AvgIpc) is 2.73. The molecule has 1 fully saturated rings. The number of nitrogens with zero attached hydrogens (tertiary/aromatic N) is 1. The summed E-state index contributed by atoms with van der Waals surface area (Å²) in [4.78, 5) is 4.31. The molecule has 0 aliphatic heterocycles. The van der Waals surface area contributed by atoms with Gasteiger partial charge in [0.2, 0.25) is 0 Å². The summed E-state index contributed by atoms with van der Waals surface area (Å²) in [5.41, 5.74) is 0. The zero-order chi connectivity index (χ0) is 11.4. The fourth-order valence-corrected chi connectivity index (χ4v) is 3.50. The van der Waals surface area contributed by atoms with Gasteiger partial charge in [0.25, 0.3) is 0 Å². The second-order valence-electron chi connectivity index (χ2n) is 4.34. The molecule has 0 aromatic carbocycles. The van der Waals surface area contributed by atoms with Crippen LogP contribution >= 0.6 is 27.3 Å². The van der Waals surface area contributed by atoms with E-state index in [2.05, 4.69) is 26.2 Å². The highest BCUT2D eigenvalue weighted by Crippen LogP contribution is 2.30. The number of thiazole rings is 1. The second-order valence-corrected chi connectivity index (χ2v) is 6.01. The van der Waals surface area contributed by atoms with Gasteiger partial charge in [-0.1, -0.05) is 12.8 Å². The van der Waals surface area contributed by atoms with Crippen molar-refractivity contribution in [1.82, 2.24) is 4.98 Å². The molecule has 1 aromatic heterocycles. The van der Waals surface area contributed by atoms with Crippen molar-refractivity contribution in [2.24, 2.45) is 11.8 Å². The van der Waals surface area contributed by atoms with Crippen molar-refractivity contribution < 1.29 is 5.11 Å². The Kier molecular flexibility index (Phi) is 4.61. The molecule has 3 nitrogen and oxygen atoms in total. The predicted octanol–water partition coefficient (Wildman–Crippen LogP) is 3.12. The minimum Gasteiger partial charge on any atom is -0.396 e. The van der Waals surface area contributed by atoms with E-state index in [1.54, 1.807) is 11.3 Å². The van der Waals surface area contributed by atoms with Gasteiger partial charge < -0.3 is 10.4 Å². The SMILES string of the molecule is OCC1CCCCC1CNc1nc(Br)cs1. The molecule has 0 spiro atoms. The molecule has 1 aromatic rings. The lowest BCUT2D eigenvalue weighted by Crippen LogP contribution is -2.28. The maximum atomic E-state index is 9.31. The zero-order valence-corrected chi connectivity index (χ0v) is 11.6. The normalized spacial score (nSPS) is 25.6. The van der Waals surface area contributed by atoms with E-state index in [9.17, 15) is 5.11 Å². The van der Waals surface area contributed by atoms with Gasteiger partial charge in [-0.05, 0) is 40.6 Å². The molecule has 90 valence electrons. The number of anilines is 1. The van der Waals surface area contributed by atoms with Crippen LogP contribution in [0.1, 0.15) is 25.7 Å². The summed E-state index contributed by atoms with van der Waals surface area (Å²) in [6.07, 6.45) is 4.96. The summed E-state index contributed by atoms with van der Waals surface area (Å²) in [6.45, 7) is 1.26. The molecular formula is C11H17BrN2OS. The molecule has 1 aliphatic rings. The topological polar surface area (TPSA) is 45.1 Å². The van der Waals surface area contributed by atoms with Gasteiger partial charge in [0.1, 0.15) is 4.60 Å². The lowest BCUT2D eigenvalue weighted by atomic mass is 9.80. The van der Waals surface area contributed by atoms with Gasteiger partial charge in [0.15, 0.2) is 5.13 Å². The van der Waals surface area contributed by atoms with Gasteiger partial charge in [0.05, 0.1) is 0 Å². The maximum Gasteiger partial charge on any atom is 0.183 e. The van der Waals surface area contributed by atoms with E-state index in [1.165, 1.54) is 25.7 Å². The predicted molar refractivity (Wildman–Crippen MR) is 70.8 cm³/mol. The molecular weight excluding hydrogens is 288 g/mol. The van der Waals surface area contributed by atoms with E-state index >= 15 is 0 Å². The highest BCUT2D eigenvalue weighted by molar-refractivity contribution is 9.10. The van der Waals surface area contributed by atoms with Gasteiger partial charge in [-0.3, -0.25) is 0 Å². The Labute approximate surface area is 108 Å². The van der Waals surface area contributed by atoms with Gasteiger partial charge >= 0.3 is 0 Å². The largest absolute Gasteiger partial charge is 0.396 e. The first-order chi connectivity index (χ1) is 7.79. The molecule has 5 heteroatoms. The van der Waals surface area contributed by atoms with Crippen molar-refractivity contribution in [1.29, 1.82) is 0 Å². The zero-order valence-electron chi connectivity index (χ0n) is 9.16. The third-order valence-corrected chi connectivity index (χ3v) is 4.80. The number of rotatable bonds is 4. The van der Waals surface area contributed by atoms with Crippen molar-refractivity contribution in [2.45, 2.75) is 25.7 Å². The minimum atomic E-state index is 0.327. The number of aromatic nitrogens is 1. The molecule has 1 aliphatic carbocycles. The van der Waals surface area contributed by atoms with Gasteiger partial charge in [-0.2, -0.15) is 0 Å². The highest BCUT2D eigenvalue weighted by atomic mass is 79.9. The van der Waals surface area contributed by atoms with E-state index in [1.807, 2.05) is 5.38 Å². The first-order valence-corrected chi connectivity index (χ1v) is 7.42. The lowest BCUT2D eigenvalue weighted by molar-refractivity contribution is 0.141. The van der Waals surface area contributed by atoms with Crippen molar-refractivity contribution in [2.75, 3.05) is 18.5 Å². The molecule has 0 radical (unpaired) electrons. The number of halogens is 1. The van der Waals surface area contributed by atoms with Gasteiger partial charge in [-0.25, -0.2) is 4.98 Å². The van der Waals surface area contributed by atoms with E-state index < -0.39 is 0 Å². The van der Waals surface area contributed by atoms with Crippen molar-refractivity contribution in [3.05, 3.63) is 9.98 Å². The van der Waals surface area contributed by atoms with Crippen molar-refractivity contribution >= 4 is 32.4 Å². The van der Waals surface area contributed by atoms with Crippen molar-refractivity contribution in [3.63, 3.8) is 0 Å². The van der Waals surface area contributed by atoms with Crippen LogP contribution in [0.15, 0.2) is 9.98 Å². The molecule has 1 heterocycles. The molecule has 2 atom stereocenters. The van der Waals surface area contributed by atoms with Crippen LogP contribution in [-0.2, 0) is 0 Å². The van der Waals surface area contributed by atoms with E-state index in [0.717, 1.165) is 16.3 Å². The van der Waals surface area contributed by atoms with Crippen LogP contribution in [0.5, 0.6) is 0 Å². The summed E-state index contributed by atoms with van der Waals surface area (Å²) in [7, 11) is 0. The second kappa shape index (κ2) is 5.98. The average molecular weight is 305 g/mol. The number of hydrogen-bond acceptors (Lipinski definition) is 4. The van der Waals surface area contributed by atoms with Crippen molar-refractivity contribution in [3.8, 4) is 0 Å². The number of aliphatic hydroxyl groups is 1. The third-order valence-electron chi connectivity index (χ3n) is 3.29. The van der Waals surface area contributed by atoms with Crippen LogP contribution in [0.25, 0.3) is 0 Å². The van der Waals surface area contributed by atoms with Crippen LogP contribution in [0.4, 0.5) is 5.13 Å². The lowest BCUT2D eigenvalue weighted by Gasteiger charge is -2.30. The van der Waals surface area contributed by atoms with E-state index in [0.29, 0.717) is 18.4 Å². The summed E-state index contributed by atoms with van der Waals surface area (Å²) >= 11 is 4.96. The minimum absolute atomic E-state index is 0.327. The maximum absolute atomic E-state index is 9.31. The number of aliphatic hydroxyl groups excluding tert-OH is 1. The summed E-state index contributed by atoms with van der Waals surface area (Å²) in [5.74, 6) is 1.08. The summed E-state index contributed by atoms with van der Waals surface area (Å²) in [5, 5.41) is 15.6. The van der Waals surface area contributed by atoms with Gasteiger partial charge in [-0.15, -0.1) is 11.3 Å².